The zero-order valence-corrected chi connectivity index (χ0v) is 13.2. The summed E-state index contributed by atoms with van der Waals surface area (Å²) in [5.74, 6) is 0. The van der Waals surface area contributed by atoms with Crippen LogP contribution in [0.25, 0.3) is 0 Å². The summed E-state index contributed by atoms with van der Waals surface area (Å²) in [7, 11) is -3.66. The Labute approximate surface area is 124 Å². The Morgan fingerprint density at radius 3 is 2.37 bits per heavy atom. The lowest BCUT2D eigenvalue weighted by Gasteiger charge is -2.21. The molecule has 0 radical (unpaired) electrons. The van der Waals surface area contributed by atoms with Crippen molar-refractivity contribution in [1.82, 2.24) is 4.31 Å². The Bertz CT molecular complexity index is 546. The van der Waals surface area contributed by atoms with Crippen LogP contribution in [0.2, 0.25) is 10.0 Å². The van der Waals surface area contributed by atoms with Gasteiger partial charge >= 0.3 is 0 Å². The van der Waals surface area contributed by atoms with Gasteiger partial charge in [-0.25, -0.2) is 8.42 Å². The summed E-state index contributed by atoms with van der Waals surface area (Å²) in [6.07, 6.45) is 0.713. The fourth-order valence-corrected chi connectivity index (χ4v) is 4.17. The van der Waals surface area contributed by atoms with Gasteiger partial charge in [0.15, 0.2) is 0 Å². The second-order valence-corrected chi connectivity index (χ2v) is 6.68. The fraction of sp³-hybridized carbons (Fsp3) is 0.500. The van der Waals surface area contributed by atoms with Crippen molar-refractivity contribution < 1.29 is 13.5 Å². The molecule has 0 saturated heterocycles. The molecule has 0 aliphatic rings. The largest absolute Gasteiger partial charge is 0.392 e. The minimum Gasteiger partial charge on any atom is -0.392 e. The highest BCUT2D eigenvalue weighted by atomic mass is 35.5. The normalized spacial score (nSPS) is 12.1. The van der Waals surface area contributed by atoms with Crippen LogP contribution in [-0.4, -0.2) is 30.9 Å². The molecule has 0 atom stereocenters. The molecule has 0 fully saturated rings. The summed E-state index contributed by atoms with van der Waals surface area (Å²) in [4.78, 5) is -0.0158. The first-order chi connectivity index (χ1) is 8.89. The van der Waals surface area contributed by atoms with E-state index in [0.29, 0.717) is 19.5 Å². The van der Waals surface area contributed by atoms with Crippen molar-refractivity contribution in [1.29, 1.82) is 0 Å². The second kappa shape index (κ2) is 6.90. The van der Waals surface area contributed by atoms with Gasteiger partial charge in [0, 0.05) is 23.7 Å². The molecule has 0 aliphatic heterocycles. The number of sulfonamides is 1. The van der Waals surface area contributed by atoms with E-state index in [0.717, 1.165) is 0 Å². The molecule has 7 heteroatoms. The second-order valence-electron chi connectivity index (χ2n) is 3.99. The smallest absolute Gasteiger partial charge is 0.244 e. The molecule has 1 rings (SSSR count). The van der Waals surface area contributed by atoms with Gasteiger partial charge in [-0.3, -0.25) is 0 Å². The number of hydrogen-bond acceptors (Lipinski definition) is 3. The van der Waals surface area contributed by atoms with Crippen LogP contribution >= 0.6 is 23.2 Å². The Kier molecular flexibility index (Phi) is 6.08. The predicted molar refractivity (Wildman–Crippen MR) is 77.1 cm³/mol. The van der Waals surface area contributed by atoms with Crippen LogP contribution in [0.15, 0.2) is 17.0 Å². The van der Waals surface area contributed by atoms with Crippen molar-refractivity contribution in [3.63, 3.8) is 0 Å². The highest BCUT2D eigenvalue weighted by Crippen LogP contribution is 2.32. The molecule has 0 aromatic heterocycles. The zero-order valence-electron chi connectivity index (χ0n) is 10.9. The number of rotatable bonds is 6. The predicted octanol–water partition coefficient (Wildman–Crippen LogP) is 2.91. The van der Waals surface area contributed by atoms with Gasteiger partial charge in [-0.15, -0.1) is 0 Å². The van der Waals surface area contributed by atoms with Crippen LogP contribution < -0.4 is 0 Å². The van der Waals surface area contributed by atoms with Gasteiger partial charge in [0.05, 0.1) is 11.6 Å². The van der Waals surface area contributed by atoms with Gasteiger partial charge in [0.2, 0.25) is 10.0 Å². The lowest BCUT2D eigenvalue weighted by atomic mass is 10.2. The number of aliphatic hydroxyl groups excluding tert-OH is 1. The molecule has 0 unspecified atom stereocenters. The number of nitrogens with zero attached hydrogens (tertiary/aromatic N) is 1. The average molecular weight is 326 g/mol. The van der Waals surface area contributed by atoms with Crippen LogP contribution in [0.1, 0.15) is 25.8 Å². The van der Waals surface area contributed by atoms with Crippen LogP contribution in [0, 0.1) is 0 Å². The first kappa shape index (κ1) is 16.7. The van der Waals surface area contributed by atoms with Gasteiger partial charge in [0.1, 0.15) is 4.90 Å². The first-order valence-corrected chi connectivity index (χ1v) is 8.17. The molecular formula is C12H17Cl2NO3S. The molecule has 0 aliphatic carbocycles. The van der Waals surface area contributed by atoms with Crippen molar-refractivity contribution >= 4 is 33.2 Å². The van der Waals surface area contributed by atoms with Gasteiger partial charge in [0.25, 0.3) is 0 Å². The number of benzene rings is 1. The molecule has 0 saturated carbocycles. The fourth-order valence-electron chi connectivity index (χ4n) is 1.76. The molecule has 19 heavy (non-hydrogen) atoms. The summed E-state index contributed by atoms with van der Waals surface area (Å²) in [5.41, 5.74) is 0.233. The minimum absolute atomic E-state index is 0.00967. The molecule has 108 valence electrons. The van der Waals surface area contributed by atoms with Gasteiger partial charge in [-0.05, 0) is 18.6 Å². The SMILES string of the molecule is CCCN(CC)S(=O)(=O)c1ccc(Cl)c(CO)c1Cl. The summed E-state index contributed by atoms with van der Waals surface area (Å²) in [5, 5.41) is 9.46. The Morgan fingerprint density at radius 2 is 1.89 bits per heavy atom. The molecule has 0 spiro atoms. The Hall–Kier alpha value is -0.330. The summed E-state index contributed by atoms with van der Waals surface area (Å²) < 4.78 is 26.3. The van der Waals surface area contributed by atoms with Crippen molar-refractivity contribution in [3.8, 4) is 0 Å². The zero-order chi connectivity index (χ0) is 14.6. The summed E-state index contributed by atoms with van der Waals surface area (Å²) >= 11 is 11.9. The number of halogens is 2. The lowest BCUT2D eigenvalue weighted by Crippen LogP contribution is -2.31. The first-order valence-electron chi connectivity index (χ1n) is 5.98. The minimum atomic E-state index is -3.66. The van der Waals surface area contributed by atoms with E-state index in [1.807, 2.05) is 6.92 Å². The van der Waals surface area contributed by atoms with E-state index in [1.165, 1.54) is 16.4 Å². The maximum atomic E-state index is 12.5. The Balaban J connectivity index is 3.37. The van der Waals surface area contributed by atoms with E-state index in [4.69, 9.17) is 23.2 Å². The molecule has 4 nitrogen and oxygen atoms in total. The van der Waals surface area contributed by atoms with Crippen molar-refractivity contribution in [2.75, 3.05) is 13.1 Å². The van der Waals surface area contributed by atoms with E-state index < -0.39 is 16.6 Å². The standard InChI is InChI=1S/C12H17Cl2NO3S/c1-3-7-15(4-2)19(17,18)11-6-5-10(13)9(8-16)12(11)14/h5-6,16H,3-4,7-8H2,1-2H3. The molecular weight excluding hydrogens is 309 g/mol. The maximum Gasteiger partial charge on any atom is 0.244 e. The van der Waals surface area contributed by atoms with E-state index >= 15 is 0 Å². The van der Waals surface area contributed by atoms with Crippen molar-refractivity contribution in [3.05, 3.63) is 27.7 Å². The number of hydrogen-bond donors (Lipinski definition) is 1. The van der Waals surface area contributed by atoms with E-state index in [-0.39, 0.29) is 20.5 Å². The van der Waals surface area contributed by atoms with Crippen molar-refractivity contribution in [2.24, 2.45) is 0 Å². The molecule has 0 bridgehead atoms. The summed E-state index contributed by atoms with van der Waals surface area (Å²) in [6, 6.07) is 2.81. The van der Waals surface area contributed by atoms with E-state index in [2.05, 4.69) is 0 Å². The van der Waals surface area contributed by atoms with Gasteiger partial charge < -0.3 is 5.11 Å². The maximum absolute atomic E-state index is 12.5. The monoisotopic (exact) mass is 325 g/mol. The van der Waals surface area contributed by atoms with Crippen LogP contribution in [0.5, 0.6) is 0 Å². The average Bonchev–Trinajstić information content (AvgIpc) is 2.35. The van der Waals surface area contributed by atoms with Crippen molar-refractivity contribution in [2.45, 2.75) is 31.8 Å². The third-order valence-electron chi connectivity index (χ3n) is 2.75. The van der Waals surface area contributed by atoms with Crippen LogP contribution in [0.3, 0.4) is 0 Å². The quantitative estimate of drug-likeness (QED) is 0.874. The molecule has 1 N–H and O–H groups in total. The Morgan fingerprint density at radius 1 is 1.26 bits per heavy atom. The third-order valence-corrected chi connectivity index (χ3v) is 5.67. The highest BCUT2D eigenvalue weighted by Gasteiger charge is 2.26. The van der Waals surface area contributed by atoms with Gasteiger partial charge in [-0.1, -0.05) is 37.0 Å². The molecule has 0 amide bonds. The van der Waals surface area contributed by atoms with Gasteiger partial charge in [-0.2, -0.15) is 4.31 Å². The molecule has 1 aromatic carbocycles. The highest BCUT2D eigenvalue weighted by molar-refractivity contribution is 7.89. The summed E-state index contributed by atoms with van der Waals surface area (Å²) in [6.45, 7) is 4.06. The van der Waals surface area contributed by atoms with E-state index in [1.54, 1.807) is 6.92 Å². The molecule has 1 aromatic rings. The lowest BCUT2D eigenvalue weighted by molar-refractivity contribution is 0.281. The third kappa shape index (κ3) is 3.41. The molecule has 0 heterocycles. The van der Waals surface area contributed by atoms with Crippen LogP contribution in [-0.2, 0) is 16.6 Å². The van der Waals surface area contributed by atoms with E-state index in [9.17, 15) is 13.5 Å². The van der Waals surface area contributed by atoms with Crippen LogP contribution in [0.4, 0.5) is 0 Å². The topological polar surface area (TPSA) is 57.6 Å². The number of aliphatic hydroxyl groups is 1.